The molecule has 0 fully saturated rings. The van der Waals surface area contributed by atoms with Crippen LogP contribution >= 0.6 is 23.2 Å². The lowest BCUT2D eigenvalue weighted by molar-refractivity contribution is -0.384. The van der Waals surface area contributed by atoms with Crippen molar-refractivity contribution in [1.29, 1.82) is 0 Å². The van der Waals surface area contributed by atoms with E-state index in [-0.39, 0.29) is 33.8 Å². The number of rotatable bonds is 6. The van der Waals surface area contributed by atoms with Crippen molar-refractivity contribution in [3.8, 4) is 5.75 Å². The van der Waals surface area contributed by atoms with E-state index in [1.165, 1.54) is 0 Å². The largest absolute Gasteiger partial charge is 0.490 e. The standard InChI is InChI=1S/C11H14Cl2N2O5S/c1-11(2,6-21(14,18)19)5-20-10-8(12)3-7(15(16)17)4-9(10)13/h3-4H,5-6H2,1-2H3,(H2,14,18,19). The van der Waals surface area contributed by atoms with Gasteiger partial charge in [0.2, 0.25) is 10.0 Å². The highest BCUT2D eigenvalue weighted by Gasteiger charge is 2.26. The second-order valence-corrected chi connectivity index (χ2v) is 7.68. The van der Waals surface area contributed by atoms with Gasteiger partial charge in [-0.2, -0.15) is 0 Å². The number of ether oxygens (including phenoxy) is 1. The van der Waals surface area contributed by atoms with Crippen LogP contribution in [0.3, 0.4) is 0 Å². The molecule has 0 saturated heterocycles. The van der Waals surface area contributed by atoms with Crippen LogP contribution in [0, 0.1) is 15.5 Å². The van der Waals surface area contributed by atoms with E-state index in [4.69, 9.17) is 33.1 Å². The van der Waals surface area contributed by atoms with E-state index in [1.807, 2.05) is 0 Å². The van der Waals surface area contributed by atoms with Crippen LogP contribution in [0.15, 0.2) is 12.1 Å². The van der Waals surface area contributed by atoms with Crippen LogP contribution in [0.25, 0.3) is 0 Å². The Hall–Kier alpha value is -1.09. The number of nitrogens with zero attached hydrogens (tertiary/aromatic N) is 1. The summed E-state index contributed by atoms with van der Waals surface area (Å²) in [6.45, 7) is 3.26. The van der Waals surface area contributed by atoms with Crippen molar-refractivity contribution in [3.05, 3.63) is 32.3 Å². The Morgan fingerprint density at radius 1 is 1.33 bits per heavy atom. The number of hydrogen-bond donors (Lipinski definition) is 1. The summed E-state index contributed by atoms with van der Waals surface area (Å²) in [5, 5.41) is 15.6. The highest BCUT2D eigenvalue weighted by Crippen LogP contribution is 2.37. The number of benzene rings is 1. The minimum Gasteiger partial charge on any atom is -0.490 e. The van der Waals surface area contributed by atoms with E-state index >= 15 is 0 Å². The van der Waals surface area contributed by atoms with Crippen molar-refractivity contribution in [2.75, 3.05) is 12.4 Å². The number of non-ortho nitro benzene ring substituents is 1. The van der Waals surface area contributed by atoms with Gasteiger partial charge in [-0.1, -0.05) is 37.0 Å². The van der Waals surface area contributed by atoms with Crippen LogP contribution in [0.4, 0.5) is 5.69 Å². The summed E-state index contributed by atoms with van der Waals surface area (Å²) in [6, 6.07) is 2.21. The van der Waals surface area contributed by atoms with Crippen LogP contribution < -0.4 is 9.88 Å². The molecule has 0 bridgehead atoms. The molecule has 0 unspecified atom stereocenters. The van der Waals surface area contributed by atoms with Gasteiger partial charge in [0.25, 0.3) is 5.69 Å². The molecule has 0 aliphatic rings. The molecule has 0 aliphatic heterocycles. The molecule has 0 aromatic heterocycles. The summed E-state index contributed by atoms with van der Waals surface area (Å²) in [7, 11) is -3.66. The predicted molar refractivity (Wildman–Crippen MR) is 80.4 cm³/mol. The molecule has 0 amide bonds. The molecule has 0 radical (unpaired) electrons. The highest BCUT2D eigenvalue weighted by molar-refractivity contribution is 7.89. The Labute approximate surface area is 132 Å². The second kappa shape index (κ2) is 6.35. The van der Waals surface area contributed by atoms with Crippen molar-refractivity contribution in [3.63, 3.8) is 0 Å². The second-order valence-electron chi connectivity index (χ2n) is 5.26. The summed E-state index contributed by atoms with van der Waals surface area (Å²) in [4.78, 5) is 10.0. The van der Waals surface area contributed by atoms with Gasteiger partial charge in [0.1, 0.15) is 0 Å². The molecule has 0 atom stereocenters. The number of nitrogens with two attached hydrogens (primary N) is 1. The Bertz CT molecular complexity index is 638. The number of nitro benzene ring substituents is 1. The van der Waals surface area contributed by atoms with Crippen molar-refractivity contribution in [1.82, 2.24) is 0 Å². The Morgan fingerprint density at radius 3 is 2.19 bits per heavy atom. The third-order valence-electron chi connectivity index (χ3n) is 2.39. The summed E-state index contributed by atoms with van der Waals surface area (Å²) < 4.78 is 27.6. The van der Waals surface area contributed by atoms with E-state index < -0.39 is 20.4 Å². The molecule has 1 rings (SSSR count). The van der Waals surface area contributed by atoms with E-state index in [0.717, 1.165) is 12.1 Å². The number of nitro groups is 1. The van der Waals surface area contributed by atoms with Crippen LogP contribution in [0.5, 0.6) is 5.75 Å². The fourth-order valence-corrected chi connectivity index (χ4v) is 3.40. The Balaban J connectivity index is 2.92. The molecule has 0 aliphatic carbocycles. The topological polar surface area (TPSA) is 113 Å². The lowest BCUT2D eigenvalue weighted by atomic mass is 9.98. The molecule has 0 saturated carbocycles. The molecule has 2 N–H and O–H groups in total. The third kappa shape index (κ3) is 5.66. The minimum atomic E-state index is -3.66. The molecule has 1 aromatic rings. The van der Waals surface area contributed by atoms with Crippen LogP contribution in [0.1, 0.15) is 13.8 Å². The van der Waals surface area contributed by atoms with Crippen molar-refractivity contribution in [2.45, 2.75) is 13.8 Å². The first-order valence-corrected chi connectivity index (χ1v) is 8.15. The molecule has 21 heavy (non-hydrogen) atoms. The quantitative estimate of drug-likeness (QED) is 0.621. The first-order valence-electron chi connectivity index (χ1n) is 5.68. The molecular formula is C11H14Cl2N2O5S. The van der Waals surface area contributed by atoms with Gasteiger partial charge in [-0.3, -0.25) is 10.1 Å². The maximum atomic E-state index is 11.1. The fourth-order valence-electron chi connectivity index (χ4n) is 1.64. The van der Waals surface area contributed by atoms with Gasteiger partial charge in [0.05, 0.1) is 27.3 Å². The molecule has 7 nitrogen and oxygen atoms in total. The van der Waals surface area contributed by atoms with Crippen LogP contribution in [0.2, 0.25) is 10.0 Å². The molecule has 0 spiro atoms. The summed E-state index contributed by atoms with van der Waals surface area (Å²) >= 11 is 11.8. The SMILES string of the molecule is CC(C)(COc1c(Cl)cc([N+](=O)[O-])cc1Cl)CS(N)(=O)=O. The summed E-state index contributed by atoms with van der Waals surface area (Å²) in [5.41, 5.74) is -1.04. The predicted octanol–water partition coefficient (Wildman–Crippen LogP) is 2.60. The van der Waals surface area contributed by atoms with Gasteiger partial charge < -0.3 is 4.74 Å². The normalized spacial score (nSPS) is 12.2. The Morgan fingerprint density at radius 2 is 1.81 bits per heavy atom. The molecule has 10 heteroatoms. The zero-order valence-corrected chi connectivity index (χ0v) is 13.6. The zero-order chi connectivity index (χ0) is 16.4. The van der Waals surface area contributed by atoms with E-state index in [1.54, 1.807) is 13.8 Å². The van der Waals surface area contributed by atoms with Crippen molar-refractivity contribution >= 4 is 38.9 Å². The van der Waals surface area contributed by atoms with Crippen molar-refractivity contribution in [2.24, 2.45) is 10.6 Å². The molecule has 0 heterocycles. The first-order chi connectivity index (χ1) is 9.41. The minimum absolute atomic E-state index is 0.0271. The number of hydrogen-bond acceptors (Lipinski definition) is 5. The summed E-state index contributed by atoms with van der Waals surface area (Å²) in [5.74, 6) is -0.228. The van der Waals surface area contributed by atoms with E-state index in [9.17, 15) is 18.5 Å². The van der Waals surface area contributed by atoms with Gasteiger partial charge >= 0.3 is 0 Å². The van der Waals surface area contributed by atoms with Crippen molar-refractivity contribution < 1.29 is 18.1 Å². The zero-order valence-electron chi connectivity index (χ0n) is 11.3. The van der Waals surface area contributed by atoms with E-state index in [2.05, 4.69) is 0 Å². The van der Waals surface area contributed by atoms with Gasteiger partial charge in [0.15, 0.2) is 5.75 Å². The van der Waals surface area contributed by atoms with Gasteiger partial charge in [-0.25, -0.2) is 13.6 Å². The molecule has 1 aromatic carbocycles. The van der Waals surface area contributed by atoms with Gasteiger partial charge in [-0.15, -0.1) is 0 Å². The molecule has 118 valence electrons. The average molecular weight is 357 g/mol. The average Bonchev–Trinajstić information content (AvgIpc) is 2.23. The number of primary sulfonamides is 1. The monoisotopic (exact) mass is 356 g/mol. The fraction of sp³-hybridized carbons (Fsp3) is 0.455. The van der Waals surface area contributed by atoms with E-state index in [0.29, 0.717) is 0 Å². The smallest absolute Gasteiger partial charge is 0.272 e. The number of halogens is 2. The molecular weight excluding hydrogens is 343 g/mol. The first kappa shape index (κ1) is 18.0. The van der Waals surface area contributed by atoms with Gasteiger partial charge in [-0.05, 0) is 0 Å². The third-order valence-corrected chi connectivity index (χ3v) is 4.14. The Kier molecular flexibility index (Phi) is 5.43. The summed E-state index contributed by atoms with van der Waals surface area (Å²) in [6.07, 6.45) is 0. The van der Waals surface area contributed by atoms with Crippen LogP contribution in [-0.2, 0) is 10.0 Å². The maximum absolute atomic E-state index is 11.1. The van der Waals surface area contributed by atoms with Gasteiger partial charge in [0, 0.05) is 17.5 Å². The number of sulfonamides is 1. The maximum Gasteiger partial charge on any atom is 0.272 e. The lowest BCUT2D eigenvalue weighted by Gasteiger charge is -2.24. The van der Waals surface area contributed by atoms with Crippen LogP contribution in [-0.4, -0.2) is 25.7 Å². The lowest BCUT2D eigenvalue weighted by Crippen LogP contribution is -2.33. The highest BCUT2D eigenvalue weighted by atomic mass is 35.5.